The monoisotopic (exact) mass is 376 g/mol. The number of likely N-dealkylation sites (tertiary alicyclic amines) is 1. The summed E-state index contributed by atoms with van der Waals surface area (Å²) in [5.41, 5.74) is 0. The molecule has 1 aromatic heterocycles. The maximum atomic E-state index is 12.8. The highest BCUT2D eigenvalue weighted by Crippen LogP contribution is 2.27. The molecule has 0 bridgehead atoms. The molecule has 7 heteroatoms. The van der Waals surface area contributed by atoms with Crippen LogP contribution in [0.2, 0.25) is 0 Å². The van der Waals surface area contributed by atoms with Crippen molar-refractivity contribution in [2.24, 2.45) is 5.92 Å². The van der Waals surface area contributed by atoms with Crippen LogP contribution in [-0.4, -0.2) is 57.4 Å². The third kappa shape index (κ3) is 4.87. The van der Waals surface area contributed by atoms with Crippen molar-refractivity contribution in [1.82, 2.24) is 19.9 Å². The molecule has 2 fully saturated rings. The van der Waals surface area contributed by atoms with E-state index in [0.717, 1.165) is 38.6 Å². The van der Waals surface area contributed by atoms with E-state index in [4.69, 9.17) is 4.52 Å². The van der Waals surface area contributed by atoms with Crippen molar-refractivity contribution in [2.75, 3.05) is 19.6 Å². The van der Waals surface area contributed by atoms with Crippen LogP contribution >= 0.6 is 0 Å². The van der Waals surface area contributed by atoms with E-state index >= 15 is 0 Å². The highest BCUT2D eigenvalue weighted by molar-refractivity contribution is 5.79. The third-order valence-corrected chi connectivity index (χ3v) is 5.83. The summed E-state index contributed by atoms with van der Waals surface area (Å²) in [4.78, 5) is 33.2. The van der Waals surface area contributed by atoms with Crippen LogP contribution in [0, 0.1) is 5.92 Å². The molecule has 1 saturated carbocycles. The van der Waals surface area contributed by atoms with Gasteiger partial charge in [0.2, 0.25) is 17.7 Å². The van der Waals surface area contributed by atoms with Gasteiger partial charge >= 0.3 is 0 Å². The zero-order chi connectivity index (χ0) is 19.4. The molecular formula is C20H32N4O3. The topological polar surface area (TPSA) is 79.5 Å². The van der Waals surface area contributed by atoms with Crippen LogP contribution in [0.1, 0.15) is 76.9 Å². The zero-order valence-electron chi connectivity index (χ0n) is 16.8. The van der Waals surface area contributed by atoms with Gasteiger partial charge in [-0.2, -0.15) is 4.98 Å². The van der Waals surface area contributed by atoms with E-state index in [1.807, 2.05) is 23.6 Å². The highest BCUT2D eigenvalue weighted by atomic mass is 16.5. The second-order valence-electron chi connectivity index (χ2n) is 8.23. The Labute approximate surface area is 161 Å². The lowest BCUT2D eigenvalue weighted by molar-refractivity contribution is -0.137. The van der Waals surface area contributed by atoms with Crippen LogP contribution in [0.3, 0.4) is 0 Å². The number of hydrogen-bond acceptors (Lipinski definition) is 5. The lowest BCUT2D eigenvalue weighted by Gasteiger charge is -2.29. The fourth-order valence-corrected chi connectivity index (χ4v) is 4.23. The Kier molecular flexibility index (Phi) is 6.50. The molecular weight excluding hydrogens is 344 g/mol. The number of carbonyl (C=O) groups is 2. The summed E-state index contributed by atoms with van der Waals surface area (Å²) in [6.07, 6.45) is 7.04. The van der Waals surface area contributed by atoms with Crippen molar-refractivity contribution in [3.63, 3.8) is 0 Å². The highest BCUT2D eigenvalue weighted by Gasteiger charge is 2.34. The summed E-state index contributed by atoms with van der Waals surface area (Å²) >= 11 is 0. The lowest BCUT2D eigenvalue weighted by atomic mass is 9.88. The number of nitrogens with zero attached hydrogens (tertiary/aromatic N) is 4. The Morgan fingerprint density at radius 1 is 1.22 bits per heavy atom. The smallest absolute Gasteiger partial charge is 0.229 e. The van der Waals surface area contributed by atoms with Crippen molar-refractivity contribution in [3.05, 3.63) is 11.7 Å². The Balaban J connectivity index is 1.55. The van der Waals surface area contributed by atoms with Gasteiger partial charge in [-0.05, 0) is 19.3 Å². The Morgan fingerprint density at radius 2 is 1.96 bits per heavy atom. The molecule has 27 heavy (non-hydrogen) atoms. The van der Waals surface area contributed by atoms with Crippen LogP contribution in [0.4, 0.5) is 0 Å². The maximum absolute atomic E-state index is 12.8. The average Bonchev–Trinajstić information content (AvgIpc) is 3.32. The van der Waals surface area contributed by atoms with Crippen molar-refractivity contribution in [2.45, 2.75) is 77.7 Å². The molecule has 1 atom stereocenters. The molecule has 2 heterocycles. The predicted octanol–water partition coefficient (Wildman–Crippen LogP) is 2.77. The summed E-state index contributed by atoms with van der Waals surface area (Å²) in [7, 11) is 0. The van der Waals surface area contributed by atoms with Crippen molar-refractivity contribution < 1.29 is 14.1 Å². The molecule has 150 valence electrons. The first-order valence-corrected chi connectivity index (χ1v) is 10.3. The second kappa shape index (κ2) is 8.85. The van der Waals surface area contributed by atoms with E-state index in [2.05, 4.69) is 10.1 Å². The average molecular weight is 377 g/mol. The van der Waals surface area contributed by atoms with Crippen molar-refractivity contribution >= 4 is 11.8 Å². The van der Waals surface area contributed by atoms with Crippen LogP contribution < -0.4 is 0 Å². The van der Waals surface area contributed by atoms with Gasteiger partial charge in [0.15, 0.2) is 5.82 Å². The minimum absolute atomic E-state index is 0.0412. The van der Waals surface area contributed by atoms with E-state index in [1.54, 1.807) is 6.92 Å². The Hall–Kier alpha value is -1.92. The molecule has 1 aliphatic heterocycles. The number of carbonyl (C=O) groups excluding carboxylic acids is 2. The van der Waals surface area contributed by atoms with Gasteiger partial charge in [0, 0.05) is 44.8 Å². The summed E-state index contributed by atoms with van der Waals surface area (Å²) < 4.78 is 5.24. The van der Waals surface area contributed by atoms with Gasteiger partial charge in [-0.25, -0.2) is 0 Å². The first kappa shape index (κ1) is 19.8. The molecule has 1 aliphatic carbocycles. The minimum atomic E-state index is 0.0412. The van der Waals surface area contributed by atoms with Gasteiger partial charge < -0.3 is 14.3 Å². The molecule has 1 aromatic rings. The molecule has 2 aliphatic rings. The molecule has 0 aromatic carbocycles. The number of rotatable bonds is 6. The van der Waals surface area contributed by atoms with E-state index in [-0.39, 0.29) is 23.8 Å². The van der Waals surface area contributed by atoms with Gasteiger partial charge in [0.25, 0.3) is 0 Å². The van der Waals surface area contributed by atoms with Crippen LogP contribution in [0.25, 0.3) is 0 Å². The summed E-state index contributed by atoms with van der Waals surface area (Å²) in [6, 6.07) is 0.0894. The third-order valence-electron chi connectivity index (χ3n) is 5.83. The van der Waals surface area contributed by atoms with Crippen molar-refractivity contribution in [1.29, 1.82) is 0 Å². The quantitative estimate of drug-likeness (QED) is 0.763. The molecule has 0 spiro atoms. The second-order valence-corrected chi connectivity index (χ2v) is 8.23. The Bertz CT molecular complexity index is 651. The van der Waals surface area contributed by atoms with Crippen LogP contribution in [0.15, 0.2) is 4.52 Å². The summed E-state index contributed by atoms with van der Waals surface area (Å²) in [5, 5.41) is 4.01. The maximum Gasteiger partial charge on any atom is 0.229 e. The fraction of sp³-hybridized carbons (Fsp3) is 0.800. The first-order valence-electron chi connectivity index (χ1n) is 10.3. The van der Waals surface area contributed by atoms with E-state index in [0.29, 0.717) is 37.1 Å². The zero-order valence-corrected chi connectivity index (χ0v) is 16.8. The van der Waals surface area contributed by atoms with Crippen LogP contribution in [-0.2, 0) is 16.0 Å². The van der Waals surface area contributed by atoms with E-state index in [9.17, 15) is 9.59 Å². The minimum Gasteiger partial charge on any atom is -0.340 e. The van der Waals surface area contributed by atoms with Gasteiger partial charge in [-0.3, -0.25) is 9.59 Å². The van der Waals surface area contributed by atoms with E-state index < -0.39 is 0 Å². The van der Waals surface area contributed by atoms with Gasteiger partial charge in [0.1, 0.15) is 0 Å². The summed E-state index contributed by atoms with van der Waals surface area (Å²) in [5.74, 6) is 1.99. The number of hydrogen-bond donors (Lipinski definition) is 0. The predicted molar refractivity (Wildman–Crippen MR) is 101 cm³/mol. The molecule has 1 saturated heterocycles. The SMILES string of the molecule is CC(=O)N(CCc1noc(C(C)C)n1)C1CCN(C(=O)C2CCCCC2)C1. The standard InChI is InChI=1S/C20H32N4O3/c1-14(2)19-21-18(22-27-19)10-12-24(15(3)25)17-9-11-23(13-17)20(26)16-7-5-4-6-8-16/h14,16-17H,4-13H2,1-3H3. The van der Waals surface area contributed by atoms with Gasteiger partial charge in [-0.15, -0.1) is 0 Å². The molecule has 3 rings (SSSR count). The molecule has 7 nitrogen and oxygen atoms in total. The number of aromatic nitrogens is 2. The number of amides is 2. The van der Waals surface area contributed by atoms with E-state index in [1.165, 1.54) is 6.42 Å². The van der Waals surface area contributed by atoms with Gasteiger partial charge in [-0.1, -0.05) is 38.3 Å². The largest absolute Gasteiger partial charge is 0.340 e. The molecule has 1 unspecified atom stereocenters. The first-order chi connectivity index (χ1) is 13.0. The Morgan fingerprint density at radius 3 is 2.59 bits per heavy atom. The lowest BCUT2D eigenvalue weighted by Crippen LogP contribution is -2.43. The van der Waals surface area contributed by atoms with Gasteiger partial charge in [0.05, 0.1) is 6.04 Å². The molecule has 2 amide bonds. The molecule has 0 radical (unpaired) electrons. The molecule has 0 N–H and O–H groups in total. The van der Waals surface area contributed by atoms with Crippen molar-refractivity contribution in [3.8, 4) is 0 Å². The summed E-state index contributed by atoms with van der Waals surface area (Å²) in [6.45, 7) is 7.58. The normalized spacial score (nSPS) is 21.0. The fourth-order valence-electron chi connectivity index (χ4n) is 4.23. The van der Waals surface area contributed by atoms with Crippen LogP contribution in [0.5, 0.6) is 0 Å².